The van der Waals surface area contributed by atoms with Crippen LogP contribution in [0.1, 0.15) is 11.1 Å². The topological polar surface area (TPSA) is 15.3 Å². The van der Waals surface area contributed by atoms with Gasteiger partial charge < -0.3 is 5.32 Å². The molecule has 0 saturated carbocycles. The molecule has 0 unspecified atom stereocenters. The van der Waals surface area contributed by atoms with Crippen molar-refractivity contribution in [1.29, 1.82) is 0 Å². The molecule has 3 rings (SSSR count). The van der Waals surface area contributed by atoms with Gasteiger partial charge in [0.05, 0.1) is 6.67 Å². The Bertz CT molecular complexity index is 493. The maximum absolute atomic E-state index is 3.46. The fraction of sp³-hybridized carbons (Fsp3) is 0.200. The van der Waals surface area contributed by atoms with E-state index in [9.17, 15) is 0 Å². The summed E-state index contributed by atoms with van der Waals surface area (Å²) in [5, 5.41) is 3.46. The van der Waals surface area contributed by atoms with Gasteiger partial charge in [0.1, 0.15) is 0 Å². The Hall–Kier alpha value is -1.80. The van der Waals surface area contributed by atoms with E-state index in [1.807, 2.05) is 0 Å². The summed E-state index contributed by atoms with van der Waals surface area (Å²) in [4.78, 5) is 2.41. The highest BCUT2D eigenvalue weighted by Gasteiger charge is 2.14. The van der Waals surface area contributed by atoms with Gasteiger partial charge in [-0.3, -0.25) is 4.90 Å². The lowest BCUT2D eigenvalue weighted by molar-refractivity contribution is 0.267. The molecule has 0 spiro atoms. The van der Waals surface area contributed by atoms with Crippen molar-refractivity contribution < 1.29 is 0 Å². The van der Waals surface area contributed by atoms with Gasteiger partial charge >= 0.3 is 0 Å². The average molecular weight is 224 g/mol. The van der Waals surface area contributed by atoms with Crippen molar-refractivity contribution in [1.82, 2.24) is 4.90 Å². The van der Waals surface area contributed by atoms with E-state index in [2.05, 4.69) is 64.8 Å². The number of rotatable bonds is 2. The standard InChI is InChI=1S/C15H16N2/c1-2-6-13(7-3-1)10-17-11-14-8-4-5-9-15(14)16-12-17/h1-9,16H,10-12H2. The van der Waals surface area contributed by atoms with Gasteiger partial charge in [0, 0.05) is 18.8 Å². The highest BCUT2D eigenvalue weighted by molar-refractivity contribution is 5.52. The number of hydrogen-bond donors (Lipinski definition) is 1. The van der Waals surface area contributed by atoms with Gasteiger partial charge in [-0.1, -0.05) is 48.5 Å². The molecule has 0 radical (unpaired) electrons. The molecule has 2 aromatic rings. The molecule has 0 amide bonds. The molecular weight excluding hydrogens is 208 g/mol. The van der Waals surface area contributed by atoms with Gasteiger partial charge in [-0.15, -0.1) is 0 Å². The summed E-state index contributed by atoms with van der Waals surface area (Å²) in [5.41, 5.74) is 4.03. The second-order valence-corrected chi connectivity index (χ2v) is 4.46. The molecule has 1 aliphatic heterocycles. The van der Waals surface area contributed by atoms with Crippen LogP contribution in [-0.2, 0) is 13.1 Å². The first-order valence-corrected chi connectivity index (χ1v) is 6.00. The quantitative estimate of drug-likeness (QED) is 0.843. The number of hydrogen-bond acceptors (Lipinski definition) is 2. The lowest BCUT2D eigenvalue weighted by Crippen LogP contribution is -2.32. The molecule has 0 bridgehead atoms. The van der Waals surface area contributed by atoms with Crippen LogP contribution in [0.15, 0.2) is 54.6 Å². The van der Waals surface area contributed by atoms with Crippen molar-refractivity contribution in [2.75, 3.05) is 12.0 Å². The first kappa shape index (κ1) is 10.4. The SMILES string of the molecule is c1ccc(CN2CNc3ccccc3C2)cc1. The van der Waals surface area contributed by atoms with Crippen molar-refractivity contribution in [2.45, 2.75) is 13.1 Å². The van der Waals surface area contributed by atoms with Crippen LogP contribution in [0.25, 0.3) is 0 Å². The molecule has 1 aliphatic rings. The number of nitrogens with zero attached hydrogens (tertiary/aromatic N) is 1. The van der Waals surface area contributed by atoms with E-state index in [1.54, 1.807) is 0 Å². The monoisotopic (exact) mass is 224 g/mol. The van der Waals surface area contributed by atoms with E-state index in [4.69, 9.17) is 0 Å². The minimum absolute atomic E-state index is 0.923. The van der Waals surface area contributed by atoms with Gasteiger partial charge in [-0.25, -0.2) is 0 Å². The van der Waals surface area contributed by atoms with Crippen LogP contribution in [-0.4, -0.2) is 11.6 Å². The van der Waals surface area contributed by atoms with Crippen molar-refractivity contribution in [3.63, 3.8) is 0 Å². The minimum Gasteiger partial charge on any atom is -0.372 e. The van der Waals surface area contributed by atoms with Crippen LogP contribution in [0.3, 0.4) is 0 Å². The lowest BCUT2D eigenvalue weighted by atomic mass is 10.1. The van der Waals surface area contributed by atoms with E-state index in [-0.39, 0.29) is 0 Å². The lowest BCUT2D eigenvalue weighted by Gasteiger charge is -2.29. The summed E-state index contributed by atoms with van der Waals surface area (Å²) in [6.45, 7) is 2.95. The molecule has 86 valence electrons. The third-order valence-corrected chi connectivity index (χ3v) is 3.15. The predicted octanol–water partition coefficient (Wildman–Crippen LogP) is 3.07. The van der Waals surface area contributed by atoms with Crippen LogP contribution in [0.2, 0.25) is 0 Å². The first-order chi connectivity index (χ1) is 8.42. The van der Waals surface area contributed by atoms with Crippen molar-refractivity contribution in [2.24, 2.45) is 0 Å². The van der Waals surface area contributed by atoms with Crippen LogP contribution in [0.5, 0.6) is 0 Å². The average Bonchev–Trinajstić information content (AvgIpc) is 2.40. The largest absolute Gasteiger partial charge is 0.372 e. The summed E-state index contributed by atoms with van der Waals surface area (Å²) < 4.78 is 0. The molecule has 2 nitrogen and oxygen atoms in total. The van der Waals surface area contributed by atoms with E-state index in [1.165, 1.54) is 16.8 Å². The number of anilines is 1. The molecule has 17 heavy (non-hydrogen) atoms. The van der Waals surface area contributed by atoms with Gasteiger partial charge in [0.15, 0.2) is 0 Å². The summed E-state index contributed by atoms with van der Waals surface area (Å²) in [7, 11) is 0. The predicted molar refractivity (Wildman–Crippen MR) is 70.6 cm³/mol. The summed E-state index contributed by atoms with van der Waals surface area (Å²) in [5.74, 6) is 0. The molecule has 0 saturated heterocycles. The Morgan fingerprint density at radius 2 is 1.71 bits per heavy atom. The number of para-hydroxylation sites is 1. The maximum atomic E-state index is 3.46. The maximum Gasteiger partial charge on any atom is 0.0684 e. The van der Waals surface area contributed by atoms with E-state index >= 15 is 0 Å². The third-order valence-electron chi connectivity index (χ3n) is 3.15. The summed E-state index contributed by atoms with van der Waals surface area (Å²) >= 11 is 0. The number of fused-ring (bicyclic) bond motifs is 1. The Labute approximate surface area is 102 Å². The molecule has 1 N–H and O–H groups in total. The highest BCUT2D eigenvalue weighted by Crippen LogP contribution is 2.22. The Balaban J connectivity index is 1.72. The molecule has 1 heterocycles. The summed E-state index contributed by atoms with van der Waals surface area (Å²) in [6, 6.07) is 19.1. The minimum atomic E-state index is 0.923. The Kier molecular flexibility index (Phi) is 2.80. The fourth-order valence-corrected chi connectivity index (χ4v) is 2.28. The second-order valence-electron chi connectivity index (χ2n) is 4.46. The van der Waals surface area contributed by atoms with Crippen LogP contribution in [0, 0.1) is 0 Å². The molecule has 2 aromatic carbocycles. The van der Waals surface area contributed by atoms with Gasteiger partial charge in [0.2, 0.25) is 0 Å². The molecular formula is C15H16N2. The van der Waals surface area contributed by atoms with E-state index < -0.39 is 0 Å². The van der Waals surface area contributed by atoms with Gasteiger partial charge in [0.25, 0.3) is 0 Å². The first-order valence-electron chi connectivity index (χ1n) is 6.00. The van der Waals surface area contributed by atoms with Crippen LogP contribution in [0.4, 0.5) is 5.69 Å². The fourth-order valence-electron chi connectivity index (χ4n) is 2.28. The third kappa shape index (κ3) is 2.32. The number of benzene rings is 2. The molecule has 0 aromatic heterocycles. The molecule has 2 heteroatoms. The molecule has 0 fully saturated rings. The zero-order valence-corrected chi connectivity index (χ0v) is 9.76. The Morgan fingerprint density at radius 1 is 0.941 bits per heavy atom. The van der Waals surface area contributed by atoms with E-state index in [0.717, 1.165) is 19.8 Å². The van der Waals surface area contributed by atoms with Gasteiger partial charge in [-0.2, -0.15) is 0 Å². The molecule has 0 aliphatic carbocycles. The van der Waals surface area contributed by atoms with Crippen molar-refractivity contribution >= 4 is 5.69 Å². The second kappa shape index (κ2) is 4.60. The van der Waals surface area contributed by atoms with E-state index in [0.29, 0.717) is 0 Å². The normalized spacial score (nSPS) is 15.1. The smallest absolute Gasteiger partial charge is 0.0684 e. The zero-order chi connectivity index (χ0) is 11.5. The molecule has 0 atom stereocenters. The van der Waals surface area contributed by atoms with Crippen molar-refractivity contribution in [3.05, 3.63) is 65.7 Å². The van der Waals surface area contributed by atoms with Gasteiger partial charge in [-0.05, 0) is 17.2 Å². The highest BCUT2D eigenvalue weighted by atomic mass is 15.2. The van der Waals surface area contributed by atoms with Crippen LogP contribution < -0.4 is 5.32 Å². The zero-order valence-electron chi connectivity index (χ0n) is 9.76. The van der Waals surface area contributed by atoms with Crippen molar-refractivity contribution in [3.8, 4) is 0 Å². The Morgan fingerprint density at radius 3 is 2.59 bits per heavy atom. The summed E-state index contributed by atoms with van der Waals surface area (Å²) in [6.07, 6.45) is 0. The van der Waals surface area contributed by atoms with Crippen LogP contribution >= 0.6 is 0 Å². The number of nitrogens with one attached hydrogen (secondary N) is 1.